The molecule has 2 aliphatic heterocycles. The third-order valence-electron chi connectivity index (χ3n) is 5.26. The molecule has 2 aliphatic rings. The Kier molecular flexibility index (Phi) is 6.24. The number of morpholine rings is 1. The van der Waals surface area contributed by atoms with Crippen LogP contribution in [0.1, 0.15) is 18.4 Å². The lowest BCUT2D eigenvalue weighted by Gasteiger charge is -2.54. The first-order valence-corrected chi connectivity index (χ1v) is 9.13. The van der Waals surface area contributed by atoms with Gasteiger partial charge in [0.05, 0.1) is 38.4 Å². The van der Waals surface area contributed by atoms with Gasteiger partial charge in [-0.15, -0.1) is 0 Å². The van der Waals surface area contributed by atoms with Gasteiger partial charge in [-0.1, -0.05) is 30.3 Å². The Morgan fingerprint density at radius 2 is 1.88 bits per heavy atom. The summed E-state index contributed by atoms with van der Waals surface area (Å²) in [6.07, 6.45) is 0. The predicted molar refractivity (Wildman–Crippen MR) is 96.6 cm³/mol. The molecule has 2 saturated heterocycles. The van der Waals surface area contributed by atoms with E-state index in [4.69, 9.17) is 4.74 Å². The van der Waals surface area contributed by atoms with Gasteiger partial charge in [0.1, 0.15) is 0 Å². The maximum atomic E-state index is 12.3. The molecular formula is C19H27N3O4. The summed E-state index contributed by atoms with van der Waals surface area (Å²) in [5, 5.41) is 12.7. The number of aliphatic hydroxyl groups is 1. The van der Waals surface area contributed by atoms with E-state index >= 15 is 0 Å². The van der Waals surface area contributed by atoms with E-state index in [0.29, 0.717) is 26.3 Å². The molecule has 2 fully saturated rings. The number of aliphatic hydroxyl groups excluding tert-OH is 1. The molecule has 7 nitrogen and oxygen atoms in total. The number of carbonyl (C=O) groups is 2. The molecule has 3 rings (SSSR count). The number of rotatable bonds is 6. The largest absolute Gasteiger partial charge is 0.394 e. The lowest BCUT2D eigenvalue weighted by atomic mass is 9.75. The molecule has 0 saturated carbocycles. The van der Waals surface area contributed by atoms with Crippen LogP contribution < -0.4 is 5.32 Å². The third kappa shape index (κ3) is 4.06. The van der Waals surface area contributed by atoms with E-state index in [-0.39, 0.29) is 36.4 Å². The number of amides is 2. The van der Waals surface area contributed by atoms with Gasteiger partial charge < -0.3 is 20.1 Å². The highest BCUT2D eigenvalue weighted by Gasteiger charge is 2.49. The van der Waals surface area contributed by atoms with Crippen LogP contribution in [0.25, 0.3) is 0 Å². The molecular weight excluding hydrogens is 334 g/mol. The number of hydrogen-bond donors (Lipinski definition) is 2. The number of nitrogens with one attached hydrogen (secondary N) is 1. The monoisotopic (exact) mass is 361 g/mol. The topological polar surface area (TPSA) is 82.1 Å². The molecule has 7 heteroatoms. The first-order chi connectivity index (χ1) is 12.6. The van der Waals surface area contributed by atoms with Gasteiger partial charge in [0.2, 0.25) is 11.8 Å². The Hall–Kier alpha value is -1.96. The molecule has 1 aromatic rings. The second-order valence-corrected chi connectivity index (χ2v) is 6.87. The average Bonchev–Trinajstić information content (AvgIpc) is 2.62. The molecule has 2 heterocycles. The molecule has 0 spiro atoms. The SMILES string of the molecule is CC(=O)N1[C@@H](CO)[C@@H](c2ccccc2)[C@@H]1CNC(=O)CN1CCOCC1. The maximum absolute atomic E-state index is 12.3. The second-order valence-electron chi connectivity index (χ2n) is 6.87. The molecule has 3 atom stereocenters. The van der Waals surface area contributed by atoms with E-state index in [1.807, 2.05) is 30.3 Å². The number of benzene rings is 1. The summed E-state index contributed by atoms with van der Waals surface area (Å²) < 4.78 is 5.29. The quantitative estimate of drug-likeness (QED) is 0.734. The van der Waals surface area contributed by atoms with Crippen LogP contribution in [-0.4, -0.2) is 84.8 Å². The molecule has 2 N–H and O–H groups in total. The Bertz CT molecular complexity index is 618. The first-order valence-electron chi connectivity index (χ1n) is 9.13. The number of likely N-dealkylation sites (tertiary alicyclic amines) is 1. The molecule has 26 heavy (non-hydrogen) atoms. The Labute approximate surface area is 153 Å². The predicted octanol–water partition coefficient (Wildman–Crippen LogP) is -0.190. The van der Waals surface area contributed by atoms with Crippen LogP contribution in [0.5, 0.6) is 0 Å². The molecule has 0 aromatic heterocycles. The number of hydrogen-bond acceptors (Lipinski definition) is 5. The van der Waals surface area contributed by atoms with E-state index in [0.717, 1.165) is 18.7 Å². The van der Waals surface area contributed by atoms with Gasteiger partial charge in [0.15, 0.2) is 0 Å². The molecule has 0 unspecified atom stereocenters. The van der Waals surface area contributed by atoms with Crippen molar-refractivity contribution in [1.29, 1.82) is 0 Å². The minimum atomic E-state index is -0.240. The van der Waals surface area contributed by atoms with Gasteiger partial charge in [0, 0.05) is 32.5 Å². The van der Waals surface area contributed by atoms with Crippen molar-refractivity contribution in [2.45, 2.75) is 24.9 Å². The van der Waals surface area contributed by atoms with Crippen LogP contribution in [-0.2, 0) is 14.3 Å². The van der Waals surface area contributed by atoms with Crippen LogP contribution >= 0.6 is 0 Å². The zero-order chi connectivity index (χ0) is 18.5. The molecule has 0 aliphatic carbocycles. The van der Waals surface area contributed by atoms with Crippen LogP contribution in [0, 0.1) is 0 Å². The van der Waals surface area contributed by atoms with Crippen molar-refractivity contribution in [1.82, 2.24) is 15.1 Å². The van der Waals surface area contributed by atoms with Crippen molar-refractivity contribution in [3.8, 4) is 0 Å². The maximum Gasteiger partial charge on any atom is 0.234 e. The van der Waals surface area contributed by atoms with E-state index in [1.165, 1.54) is 6.92 Å². The van der Waals surface area contributed by atoms with E-state index in [1.54, 1.807) is 4.90 Å². The van der Waals surface area contributed by atoms with Crippen molar-refractivity contribution in [3.63, 3.8) is 0 Å². The summed E-state index contributed by atoms with van der Waals surface area (Å²) in [6.45, 7) is 4.98. The van der Waals surface area contributed by atoms with Crippen LogP contribution in [0.3, 0.4) is 0 Å². The van der Waals surface area contributed by atoms with E-state index in [9.17, 15) is 14.7 Å². The summed E-state index contributed by atoms with van der Waals surface area (Å²) >= 11 is 0. The zero-order valence-corrected chi connectivity index (χ0v) is 15.1. The van der Waals surface area contributed by atoms with Crippen molar-refractivity contribution < 1.29 is 19.4 Å². The van der Waals surface area contributed by atoms with Crippen molar-refractivity contribution >= 4 is 11.8 Å². The Balaban J connectivity index is 1.62. The van der Waals surface area contributed by atoms with Gasteiger partial charge in [-0.3, -0.25) is 14.5 Å². The summed E-state index contributed by atoms with van der Waals surface area (Å²) in [5.41, 5.74) is 1.08. The van der Waals surface area contributed by atoms with Gasteiger partial charge in [0.25, 0.3) is 0 Å². The van der Waals surface area contributed by atoms with Gasteiger partial charge in [-0.25, -0.2) is 0 Å². The van der Waals surface area contributed by atoms with Gasteiger partial charge in [-0.2, -0.15) is 0 Å². The summed E-state index contributed by atoms with van der Waals surface area (Å²) in [7, 11) is 0. The van der Waals surface area contributed by atoms with Gasteiger partial charge >= 0.3 is 0 Å². The highest BCUT2D eigenvalue weighted by atomic mass is 16.5. The molecule has 142 valence electrons. The number of ether oxygens (including phenoxy) is 1. The smallest absolute Gasteiger partial charge is 0.234 e. The minimum Gasteiger partial charge on any atom is -0.394 e. The molecule has 0 radical (unpaired) electrons. The van der Waals surface area contributed by atoms with Crippen LogP contribution in [0.2, 0.25) is 0 Å². The fraction of sp³-hybridized carbons (Fsp3) is 0.579. The fourth-order valence-corrected chi connectivity index (χ4v) is 4.00. The molecule has 2 amide bonds. The standard InChI is InChI=1S/C19H27N3O4/c1-14(24)22-16(11-20-18(25)12-21-7-9-26-10-8-21)19(17(22)13-23)15-5-3-2-4-6-15/h2-6,16-17,19,23H,7-13H2,1H3,(H,20,25)/t16-,17-,19-/m0/s1. The third-order valence-corrected chi connectivity index (χ3v) is 5.26. The summed E-state index contributed by atoms with van der Waals surface area (Å²) in [4.78, 5) is 28.1. The van der Waals surface area contributed by atoms with Crippen LogP contribution in [0.4, 0.5) is 0 Å². The Morgan fingerprint density at radius 1 is 1.19 bits per heavy atom. The first kappa shape index (κ1) is 18.8. The highest BCUT2D eigenvalue weighted by Crippen LogP contribution is 2.40. The summed E-state index contributed by atoms with van der Waals surface area (Å²) in [5.74, 6) is -0.105. The van der Waals surface area contributed by atoms with Crippen LogP contribution in [0.15, 0.2) is 30.3 Å². The van der Waals surface area contributed by atoms with E-state index in [2.05, 4.69) is 10.2 Å². The fourth-order valence-electron chi connectivity index (χ4n) is 4.00. The Morgan fingerprint density at radius 3 is 2.50 bits per heavy atom. The van der Waals surface area contributed by atoms with Gasteiger partial charge in [-0.05, 0) is 5.56 Å². The molecule has 1 aromatic carbocycles. The minimum absolute atomic E-state index is 0.0220. The lowest BCUT2D eigenvalue weighted by Crippen LogP contribution is -2.68. The lowest BCUT2D eigenvalue weighted by molar-refractivity contribution is -0.148. The van der Waals surface area contributed by atoms with E-state index < -0.39 is 0 Å². The highest BCUT2D eigenvalue weighted by molar-refractivity contribution is 5.79. The number of carbonyl (C=O) groups excluding carboxylic acids is 2. The normalized spacial score (nSPS) is 26.2. The number of nitrogens with zero attached hydrogens (tertiary/aromatic N) is 2. The average molecular weight is 361 g/mol. The van der Waals surface area contributed by atoms with Crippen molar-refractivity contribution in [2.75, 3.05) is 46.0 Å². The van der Waals surface area contributed by atoms with Crippen molar-refractivity contribution in [2.24, 2.45) is 0 Å². The summed E-state index contributed by atoms with van der Waals surface area (Å²) in [6, 6.07) is 9.48. The zero-order valence-electron chi connectivity index (χ0n) is 15.1. The molecule has 0 bridgehead atoms. The van der Waals surface area contributed by atoms with Crippen molar-refractivity contribution in [3.05, 3.63) is 35.9 Å². The second kappa shape index (κ2) is 8.62.